The molecule has 0 spiro atoms. The lowest BCUT2D eigenvalue weighted by atomic mass is 9.89. The van der Waals surface area contributed by atoms with Gasteiger partial charge in [-0.25, -0.2) is 4.57 Å². The van der Waals surface area contributed by atoms with Crippen molar-refractivity contribution in [2.45, 2.75) is 154 Å². The summed E-state index contributed by atoms with van der Waals surface area (Å²) in [4.78, 5) is 0. The van der Waals surface area contributed by atoms with Crippen LogP contribution in [0.5, 0.6) is 0 Å². The minimum atomic E-state index is -3.72. The summed E-state index contributed by atoms with van der Waals surface area (Å²) in [5.74, 6) is -2.04. The van der Waals surface area contributed by atoms with Gasteiger partial charge >= 0.3 is 7.82 Å². The summed E-state index contributed by atoms with van der Waals surface area (Å²) in [6, 6.07) is 2.36. The number of hydrogen-bond donors (Lipinski definition) is 0. The fraction of sp³-hybridized carbons (Fsp3) is 0.906. The highest BCUT2D eigenvalue weighted by molar-refractivity contribution is 7.48. The molecule has 2 heterocycles. The fourth-order valence-corrected chi connectivity index (χ4v) is 7.90. The molecule has 44 heavy (non-hydrogen) atoms. The Labute approximate surface area is 268 Å². The number of hydrogen-bond acceptors (Lipinski definition) is 10. The Balaban J connectivity index is 2.34. The summed E-state index contributed by atoms with van der Waals surface area (Å²) in [5, 5.41) is 10.5. The van der Waals surface area contributed by atoms with E-state index < -0.39 is 33.8 Å². The standard InChI is InChI=1S/C32H60NO9PSi/c1-12-15-16-17-27(42-44(10,11)30(5,6)7)22-26(19-21-38-43(34,36-13-2)37-14-3)39-32(24-33)20-18-25(4)29(41-32)28-23-35-31(8,9)40-28/h12,25-29H,1,13-23H2,2-11H3/t25-,26+,27+,28-,29-,32?/m1/s1. The zero-order chi connectivity index (χ0) is 33.2. The van der Waals surface area contributed by atoms with Gasteiger partial charge in [0.1, 0.15) is 12.2 Å². The third-order valence-electron chi connectivity index (χ3n) is 8.73. The maximum Gasteiger partial charge on any atom is 0.474 e. The van der Waals surface area contributed by atoms with E-state index in [1.165, 1.54) is 0 Å². The number of rotatable bonds is 19. The maximum absolute atomic E-state index is 13.0. The zero-order valence-electron chi connectivity index (χ0n) is 29.0. The van der Waals surface area contributed by atoms with Gasteiger partial charge in [-0.2, -0.15) is 5.26 Å². The fourth-order valence-electron chi connectivity index (χ4n) is 5.31. The first-order valence-corrected chi connectivity index (χ1v) is 20.7. The van der Waals surface area contributed by atoms with Gasteiger partial charge in [0.25, 0.3) is 5.79 Å². The molecule has 0 saturated carbocycles. The number of nitrogens with zero attached hydrogens (tertiary/aromatic N) is 1. The summed E-state index contributed by atoms with van der Waals surface area (Å²) in [7, 11) is -5.85. The van der Waals surface area contributed by atoms with Crippen molar-refractivity contribution in [1.82, 2.24) is 0 Å². The second kappa shape index (κ2) is 17.0. The molecule has 1 unspecified atom stereocenters. The van der Waals surface area contributed by atoms with Crippen LogP contribution in [0.15, 0.2) is 12.7 Å². The molecule has 12 heteroatoms. The molecule has 0 aromatic carbocycles. The minimum Gasteiger partial charge on any atom is -0.414 e. The third kappa shape index (κ3) is 11.9. The second-order valence-electron chi connectivity index (χ2n) is 13.9. The van der Waals surface area contributed by atoms with Gasteiger partial charge < -0.3 is 23.4 Å². The average molecular weight is 662 g/mol. The van der Waals surface area contributed by atoms with Crippen LogP contribution in [0, 0.1) is 17.2 Å². The molecule has 0 aliphatic carbocycles. The van der Waals surface area contributed by atoms with E-state index in [1.54, 1.807) is 13.8 Å². The summed E-state index contributed by atoms with van der Waals surface area (Å²) in [5.41, 5.74) is 0. The van der Waals surface area contributed by atoms with Crippen molar-refractivity contribution in [3.05, 3.63) is 12.7 Å². The summed E-state index contributed by atoms with van der Waals surface area (Å²) in [6.07, 6.45) is 5.25. The highest BCUT2D eigenvalue weighted by atomic mass is 31.2. The summed E-state index contributed by atoms with van der Waals surface area (Å²) >= 11 is 0. The molecule has 0 aromatic rings. The van der Waals surface area contributed by atoms with Gasteiger partial charge in [0, 0.05) is 12.5 Å². The molecule has 0 amide bonds. The van der Waals surface area contributed by atoms with Crippen LogP contribution in [0.2, 0.25) is 18.1 Å². The van der Waals surface area contributed by atoms with Crippen molar-refractivity contribution < 1.29 is 41.5 Å². The monoisotopic (exact) mass is 661 g/mol. The van der Waals surface area contributed by atoms with E-state index in [-0.39, 0.29) is 49.1 Å². The van der Waals surface area contributed by atoms with E-state index in [2.05, 4.69) is 53.4 Å². The smallest absolute Gasteiger partial charge is 0.414 e. The Morgan fingerprint density at radius 2 is 1.77 bits per heavy atom. The third-order valence-corrected chi connectivity index (χ3v) is 14.9. The molecule has 256 valence electrons. The Kier molecular flexibility index (Phi) is 15.2. The first-order valence-electron chi connectivity index (χ1n) is 16.3. The van der Waals surface area contributed by atoms with Crippen molar-refractivity contribution in [2.24, 2.45) is 5.92 Å². The van der Waals surface area contributed by atoms with E-state index in [0.29, 0.717) is 25.9 Å². The largest absolute Gasteiger partial charge is 0.474 e. The highest BCUT2D eigenvalue weighted by Gasteiger charge is 2.50. The van der Waals surface area contributed by atoms with Gasteiger partial charge in [-0.1, -0.05) is 33.8 Å². The van der Waals surface area contributed by atoms with Crippen molar-refractivity contribution >= 4 is 16.1 Å². The normalized spacial score (nSPS) is 27.5. The number of phosphoric ester groups is 1. The lowest BCUT2D eigenvalue weighted by Gasteiger charge is -2.44. The first kappa shape index (κ1) is 39.5. The van der Waals surface area contributed by atoms with Crippen LogP contribution in [0.25, 0.3) is 0 Å². The van der Waals surface area contributed by atoms with Gasteiger partial charge in [-0.3, -0.25) is 13.6 Å². The van der Waals surface area contributed by atoms with E-state index in [1.807, 2.05) is 19.9 Å². The highest BCUT2D eigenvalue weighted by Crippen LogP contribution is 2.49. The average Bonchev–Trinajstić information content (AvgIpc) is 3.28. The predicted molar refractivity (Wildman–Crippen MR) is 174 cm³/mol. The van der Waals surface area contributed by atoms with E-state index in [9.17, 15) is 9.83 Å². The Morgan fingerprint density at radius 1 is 1.11 bits per heavy atom. The van der Waals surface area contributed by atoms with Gasteiger partial charge in [0.15, 0.2) is 14.1 Å². The molecule has 0 radical (unpaired) electrons. The molecule has 2 saturated heterocycles. The zero-order valence-corrected chi connectivity index (χ0v) is 30.9. The van der Waals surface area contributed by atoms with E-state index >= 15 is 0 Å². The van der Waals surface area contributed by atoms with Crippen LogP contribution in [0.3, 0.4) is 0 Å². The molecule has 2 aliphatic rings. The Morgan fingerprint density at radius 3 is 2.30 bits per heavy atom. The minimum absolute atomic E-state index is 0.0195. The molecular formula is C32H60NO9PSi. The number of ether oxygens (including phenoxy) is 4. The summed E-state index contributed by atoms with van der Waals surface area (Å²) in [6.45, 7) is 25.2. The lowest BCUT2D eigenvalue weighted by molar-refractivity contribution is -0.295. The van der Waals surface area contributed by atoms with Crippen LogP contribution < -0.4 is 0 Å². The first-order chi connectivity index (χ1) is 20.4. The number of phosphoric acid groups is 1. The van der Waals surface area contributed by atoms with E-state index in [4.69, 9.17) is 36.9 Å². The van der Waals surface area contributed by atoms with Crippen LogP contribution in [0.4, 0.5) is 0 Å². The lowest BCUT2D eigenvalue weighted by Crippen LogP contribution is -2.52. The van der Waals surface area contributed by atoms with Crippen molar-refractivity contribution in [1.29, 1.82) is 5.26 Å². The van der Waals surface area contributed by atoms with Crippen molar-refractivity contribution in [3.8, 4) is 6.07 Å². The summed E-state index contributed by atoms with van der Waals surface area (Å²) < 4.78 is 61.5. The quantitative estimate of drug-likeness (QED) is 0.0580. The van der Waals surface area contributed by atoms with Gasteiger partial charge in [-0.15, -0.1) is 6.58 Å². The van der Waals surface area contributed by atoms with Gasteiger partial charge in [-0.05, 0) is 90.3 Å². The molecule has 0 N–H and O–H groups in total. The molecule has 2 fully saturated rings. The maximum atomic E-state index is 13.0. The second-order valence-corrected chi connectivity index (χ2v) is 20.4. The van der Waals surface area contributed by atoms with E-state index in [0.717, 1.165) is 25.7 Å². The number of unbranched alkanes of at least 4 members (excludes halogenated alkanes) is 1. The number of nitriles is 1. The van der Waals surface area contributed by atoms with Gasteiger partial charge in [0.2, 0.25) is 0 Å². The molecule has 2 aliphatic heterocycles. The van der Waals surface area contributed by atoms with Gasteiger partial charge in [0.05, 0.1) is 38.6 Å². The molecule has 0 bridgehead atoms. The van der Waals surface area contributed by atoms with Crippen LogP contribution >= 0.6 is 7.82 Å². The Bertz CT molecular complexity index is 972. The number of allylic oxidation sites excluding steroid dienone is 1. The predicted octanol–water partition coefficient (Wildman–Crippen LogP) is 8.28. The van der Waals surface area contributed by atoms with Crippen molar-refractivity contribution in [2.75, 3.05) is 26.4 Å². The Hall–Kier alpha value is -0.643. The van der Waals surface area contributed by atoms with Crippen LogP contribution in [0.1, 0.15) is 100 Å². The molecule has 0 aromatic heterocycles. The molecule has 6 atom stereocenters. The van der Waals surface area contributed by atoms with Crippen molar-refractivity contribution in [3.63, 3.8) is 0 Å². The van der Waals surface area contributed by atoms with Crippen LogP contribution in [-0.2, 0) is 41.5 Å². The topological polar surface area (TPSA) is 115 Å². The molecule has 2 rings (SSSR count). The molecular weight excluding hydrogens is 601 g/mol. The molecule has 10 nitrogen and oxygen atoms in total. The van der Waals surface area contributed by atoms with Crippen LogP contribution in [-0.4, -0.2) is 70.7 Å². The SMILES string of the molecule is C=CCCC[C@@H](C[C@H](CCOP(=O)(OCC)OCC)OC1(C#N)CC[C@@H](C)[C@H]([C@H]2COC(C)(C)O2)O1)O[Si](C)(C)C(C)(C)C.